The molecular formula is C27H28F3N5O2. The van der Waals surface area contributed by atoms with Gasteiger partial charge in [0.15, 0.2) is 0 Å². The molecule has 2 aromatic heterocycles. The number of aromatic nitrogens is 2. The molecular weight excluding hydrogens is 483 g/mol. The van der Waals surface area contributed by atoms with Crippen LogP contribution in [-0.2, 0) is 13.2 Å². The molecule has 2 aliphatic heterocycles. The number of hydrogen-bond acceptors (Lipinski definition) is 6. The average molecular weight is 512 g/mol. The topological polar surface area (TPSA) is 74.4 Å². The van der Waals surface area contributed by atoms with Gasteiger partial charge in [-0.3, -0.25) is 9.69 Å². The van der Waals surface area contributed by atoms with Crippen LogP contribution in [0.5, 0.6) is 5.75 Å². The summed E-state index contributed by atoms with van der Waals surface area (Å²) < 4.78 is 47.8. The van der Waals surface area contributed by atoms with Crippen molar-refractivity contribution in [1.82, 2.24) is 14.5 Å². The third-order valence-corrected chi connectivity index (χ3v) is 7.59. The molecule has 0 unspecified atom stereocenters. The molecule has 0 amide bonds. The molecule has 1 aromatic carbocycles. The molecule has 194 valence electrons. The minimum atomic E-state index is -4.40. The van der Waals surface area contributed by atoms with Gasteiger partial charge < -0.3 is 14.2 Å². The lowest BCUT2D eigenvalue weighted by atomic mass is 9.94. The van der Waals surface area contributed by atoms with E-state index < -0.39 is 11.7 Å². The number of rotatable bonds is 4. The van der Waals surface area contributed by atoms with Crippen molar-refractivity contribution in [3.05, 3.63) is 63.6 Å². The summed E-state index contributed by atoms with van der Waals surface area (Å²) in [7, 11) is 1.65. The first kappa shape index (κ1) is 25.1. The summed E-state index contributed by atoms with van der Waals surface area (Å²) in [5.74, 6) is 0.224. The first-order chi connectivity index (χ1) is 17.7. The normalized spacial score (nSPS) is 20.6. The number of benzene rings is 1. The average Bonchev–Trinajstić information content (AvgIpc) is 2.90. The van der Waals surface area contributed by atoms with E-state index in [4.69, 9.17) is 4.74 Å². The van der Waals surface area contributed by atoms with Crippen LogP contribution in [0, 0.1) is 11.3 Å². The van der Waals surface area contributed by atoms with Crippen molar-refractivity contribution in [2.75, 3.05) is 24.6 Å². The molecule has 0 bridgehead atoms. The van der Waals surface area contributed by atoms with Crippen LogP contribution in [0.15, 0.2) is 41.2 Å². The second-order valence-corrected chi connectivity index (χ2v) is 9.64. The first-order valence-electron chi connectivity index (χ1n) is 12.4. The molecule has 7 nitrogen and oxygen atoms in total. The molecule has 2 aliphatic rings. The van der Waals surface area contributed by atoms with E-state index in [2.05, 4.69) is 27.8 Å². The van der Waals surface area contributed by atoms with Crippen LogP contribution in [0.4, 0.5) is 18.9 Å². The second kappa shape index (κ2) is 9.38. The Morgan fingerprint density at radius 2 is 2.00 bits per heavy atom. The quantitative estimate of drug-likeness (QED) is 0.508. The van der Waals surface area contributed by atoms with Crippen molar-refractivity contribution in [3.63, 3.8) is 0 Å². The number of nitriles is 1. The van der Waals surface area contributed by atoms with Gasteiger partial charge in [0.1, 0.15) is 29.6 Å². The summed E-state index contributed by atoms with van der Waals surface area (Å²) in [5, 5.41) is 9.44. The lowest BCUT2D eigenvalue weighted by Gasteiger charge is -2.51. The van der Waals surface area contributed by atoms with Gasteiger partial charge in [-0.2, -0.15) is 18.4 Å². The highest BCUT2D eigenvalue weighted by Gasteiger charge is 2.42. The monoisotopic (exact) mass is 511 g/mol. The van der Waals surface area contributed by atoms with Crippen molar-refractivity contribution in [3.8, 4) is 11.8 Å². The highest BCUT2D eigenvalue weighted by Crippen LogP contribution is 2.41. The number of anilines is 1. The maximum absolute atomic E-state index is 13.4. The SMILES string of the molecule is CC[C@@H]1CN2c3c(c(=O)n(C)c4ccc(C#N)nc34)OC[C@@H]2CN1[C@H](CC)c1cccc(C(F)(F)F)c1. The van der Waals surface area contributed by atoms with E-state index in [9.17, 15) is 23.2 Å². The van der Waals surface area contributed by atoms with Gasteiger partial charge in [0, 0.05) is 32.2 Å². The fourth-order valence-electron chi connectivity index (χ4n) is 5.72. The molecule has 1 saturated heterocycles. The van der Waals surface area contributed by atoms with Gasteiger partial charge in [-0.1, -0.05) is 26.0 Å². The van der Waals surface area contributed by atoms with Crippen LogP contribution in [0.2, 0.25) is 0 Å². The fraction of sp³-hybridized carbons (Fsp3) is 0.444. The minimum absolute atomic E-state index is 0.0277. The zero-order valence-electron chi connectivity index (χ0n) is 20.9. The Balaban J connectivity index is 1.56. The molecule has 4 heterocycles. The predicted octanol–water partition coefficient (Wildman–Crippen LogP) is 4.64. The van der Waals surface area contributed by atoms with Crippen LogP contribution >= 0.6 is 0 Å². The summed E-state index contributed by atoms with van der Waals surface area (Å²) in [6, 6.07) is 10.7. The van der Waals surface area contributed by atoms with Crippen molar-refractivity contribution in [2.24, 2.45) is 7.05 Å². The van der Waals surface area contributed by atoms with Gasteiger partial charge in [-0.25, -0.2) is 4.98 Å². The Bertz CT molecular complexity index is 1440. The van der Waals surface area contributed by atoms with Gasteiger partial charge in [-0.05, 0) is 42.7 Å². The first-order valence-corrected chi connectivity index (χ1v) is 12.4. The van der Waals surface area contributed by atoms with Gasteiger partial charge in [0.25, 0.3) is 5.56 Å². The number of hydrogen-bond donors (Lipinski definition) is 0. The third kappa shape index (κ3) is 4.21. The number of pyridine rings is 2. The highest BCUT2D eigenvalue weighted by atomic mass is 19.4. The molecule has 0 radical (unpaired) electrons. The fourth-order valence-corrected chi connectivity index (χ4v) is 5.72. The lowest BCUT2D eigenvalue weighted by Crippen LogP contribution is -2.62. The standard InChI is InChI=1S/C27H28F3N5O2/c1-4-19-13-35-20(14-34(19)21(5-2)16-7-6-8-17(11-16)27(28,29)30)15-37-25-24(35)23-22(33(3)26(25)36)10-9-18(12-31)32-23/h6-11,19-21H,4-5,13-15H2,1-3H3/t19-,20+,21-/m1/s1. The largest absolute Gasteiger partial charge is 0.484 e. The molecule has 0 N–H and O–H groups in total. The molecule has 1 fully saturated rings. The van der Waals surface area contributed by atoms with Gasteiger partial charge >= 0.3 is 6.18 Å². The van der Waals surface area contributed by atoms with E-state index in [0.29, 0.717) is 41.8 Å². The molecule has 3 aromatic rings. The Hall–Kier alpha value is -3.58. The molecule has 0 aliphatic carbocycles. The summed E-state index contributed by atoms with van der Waals surface area (Å²) in [4.78, 5) is 22.1. The van der Waals surface area contributed by atoms with Gasteiger partial charge in [0.2, 0.25) is 5.75 Å². The number of nitrogens with zero attached hydrogens (tertiary/aromatic N) is 5. The second-order valence-electron chi connectivity index (χ2n) is 9.64. The Morgan fingerprint density at radius 3 is 2.68 bits per heavy atom. The van der Waals surface area contributed by atoms with Crippen molar-refractivity contribution < 1.29 is 17.9 Å². The number of aryl methyl sites for hydroxylation is 1. The Morgan fingerprint density at radius 1 is 1.22 bits per heavy atom. The summed E-state index contributed by atoms with van der Waals surface area (Å²) in [6.07, 6.45) is -2.98. The number of ether oxygens (including phenoxy) is 1. The van der Waals surface area contributed by atoms with Crippen molar-refractivity contribution >= 4 is 16.7 Å². The van der Waals surface area contributed by atoms with E-state index >= 15 is 0 Å². The molecule has 0 spiro atoms. The van der Waals surface area contributed by atoms with Crippen LogP contribution in [0.25, 0.3) is 11.0 Å². The van der Waals surface area contributed by atoms with Crippen LogP contribution < -0.4 is 15.2 Å². The maximum atomic E-state index is 13.4. The molecule has 37 heavy (non-hydrogen) atoms. The highest BCUT2D eigenvalue weighted by molar-refractivity contribution is 5.93. The molecule has 3 atom stereocenters. The maximum Gasteiger partial charge on any atom is 0.416 e. The zero-order valence-corrected chi connectivity index (χ0v) is 20.9. The van der Waals surface area contributed by atoms with E-state index in [1.54, 1.807) is 25.2 Å². The van der Waals surface area contributed by atoms with Crippen LogP contribution in [0.3, 0.4) is 0 Å². The number of alkyl halides is 3. The lowest BCUT2D eigenvalue weighted by molar-refractivity contribution is -0.137. The summed E-state index contributed by atoms with van der Waals surface area (Å²) in [6.45, 7) is 5.44. The zero-order chi connectivity index (χ0) is 26.5. The minimum Gasteiger partial charge on any atom is -0.484 e. The van der Waals surface area contributed by atoms with Gasteiger partial charge in [0.05, 0.1) is 17.1 Å². The summed E-state index contributed by atoms with van der Waals surface area (Å²) in [5.41, 5.74) is 1.71. The Kier molecular flexibility index (Phi) is 6.36. The molecule has 10 heteroatoms. The van der Waals surface area contributed by atoms with E-state index in [1.807, 2.05) is 6.92 Å². The van der Waals surface area contributed by atoms with Crippen molar-refractivity contribution in [1.29, 1.82) is 5.26 Å². The number of piperazine rings is 1. The van der Waals surface area contributed by atoms with Crippen molar-refractivity contribution in [2.45, 2.75) is 51.0 Å². The summed E-state index contributed by atoms with van der Waals surface area (Å²) >= 11 is 0. The Labute approximate surface area is 212 Å². The third-order valence-electron chi connectivity index (χ3n) is 7.59. The molecule has 5 rings (SSSR count). The van der Waals surface area contributed by atoms with E-state index in [0.717, 1.165) is 12.5 Å². The molecule has 0 saturated carbocycles. The van der Waals surface area contributed by atoms with E-state index in [1.165, 1.54) is 16.7 Å². The van der Waals surface area contributed by atoms with Crippen LogP contribution in [-0.4, -0.2) is 46.2 Å². The van der Waals surface area contributed by atoms with E-state index in [-0.39, 0.29) is 41.7 Å². The van der Waals surface area contributed by atoms with Crippen LogP contribution in [0.1, 0.15) is 49.6 Å². The number of fused-ring (bicyclic) bond motifs is 5. The predicted molar refractivity (Wildman–Crippen MR) is 134 cm³/mol. The van der Waals surface area contributed by atoms with Gasteiger partial charge in [-0.15, -0.1) is 0 Å². The number of halogens is 3. The smallest absolute Gasteiger partial charge is 0.416 e.